The zero-order valence-electron chi connectivity index (χ0n) is 12.9. The highest BCUT2D eigenvalue weighted by atomic mass is 16.7. The van der Waals surface area contributed by atoms with Crippen LogP contribution in [-0.2, 0) is 9.31 Å². The van der Waals surface area contributed by atoms with E-state index in [-0.39, 0.29) is 11.2 Å². The zero-order valence-corrected chi connectivity index (χ0v) is 12.9. The van der Waals surface area contributed by atoms with Gasteiger partial charge in [0.2, 0.25) is 0 Å². The fraction of sp³-hybridized carbons (Fsp3) is 0.667. The average molecular weight is 275 g/mol. The molecular formula is C15H22BNO3. The standard InChI is InChI=1S/C15H22BNO3/c1-10-8-12(18-11-6-7-11)9-17-13(10)16-19-14(2,3)15(4,5)20-16/h8-9,11H,6-7H2,1-5H3. The first-order valence-electron chi connectivity index (χ1n) is 7.27. The second kappa shape index (κ2) is 4.47. The Kier molecular flexibility index (Phi) is 3.10. The minimum atomic E-state index is -0.407. The first-order chi connectivity index (χ1) is 9.28. The van der Waals surface area contributed by atoms with E-state index in [1.54, 1.807) is 6.20 Å². The summed E-state index contributed by atoms with van der Waals surface area (Å²) in [6.07, 6.45) is 4.46. The van der Waals surface area contributed by atoms with E-state index in [4.69, 9.17) is 14.0 Å². The van der Waals surface area contributed by atoms with E-state index in [0.29, 0.717) is 6.10 Å². The summed E-state index contributed by atoms with van der Waals surface area (Å²) < 4.78 is 17.8. The van der Waals surface area contributed by atoms with E-state index in [1.165, 1.54) is 0 Å². The van der Waals surface area contributed by atoms with Crippen LogP contribution in [0, 0.1) is 6.92 Å². The van der Waals surface area contributed by atoms with Crippen LogP contribution in [0.3, 0.4) is 0 Å². The highest BCUT2D eigenvalue weighted by molar-refractivity contribution is 6.61. The molecule has 2 heterocycles. The Bertz CT molecular complexity index is 510. The average Bonchev–Trinajstić information content (AvgIpc) is 3.07. The summed E-state index contributed by atoms with van der Waals surface area (Å²) in [4.78, 5) is 4.50. The summed E-state index contributed by atoms with van der Waals surface area (Å²) in [7, 11) is -0.407. The number of aryl methyl sites for hydroxylation is 1. The second-order valence-electron chi connectivity index (χ2n) is 6.78. The molecule has 0 bridgehead atoms. The number of aromatic nitrogens is 1. The number of pyridine rings is 1. The van der Waals surface area contributed by atoms with Crippen molar-refractivity contribution in [3.63, 3.8) is 0 Å². The van der Waals surface area contributed by atoms with E-state index in [2.05, 4.69) is 4.98 Å². The molecule has 0 atom stereocenters. The van der Waals surface area contributed by atoms with Gasteiger partial charge in [0.05, 0.1) is 29.1 Å². The van der Waals surface area contributed by atoms with Crippen molar-refractivity contribution in [2.75, 3.05) is 0 Å². The molecule has 1 aliphatic heterocycles. The van der Waals surface area contributed by atoms with Gasteiger partial charge in [-0.1, -0.05) is 0 Å². The lowest BCUT2D eigenvalue weighted by Gasteiger charge is -2.32. The topological polar surface area (TPSA) is 40.6 Å². The molecule has 1 saturated carbocycles. The molecule has 1 aromatic rings. The SMILES string of the molecule is Cc1cc(OC2CC2)cnc1B1OC(C)(C)C(C)(C)O1. The maximum Gasteiger partial charge on any atom is 0.514 e. The second-order valence-corrected chi connectivity index (χ2v) is 6.78. The molecule has 3 rings (SSSR count). The van der Waals surface area contributed by atoms with Crippen LogP contribution in [0.25, 0.3) is 0 Å². The lowest BCUT2D eigenvalue weighted by Crippen LogP contribution is -2.41. The molecule has 4 nitrogen and oxygen atoms in total. The fourth-order valence-electron chi connectivity index (χ4n) is 2.20. The van der Waals surface area contributed by atoms with Crippen molar-refractivity contribution in [1.29, 1.82) is 0 Å². The first kappa shape index (κ1) is 13.9. The lowest BCUT2D eigenvalue weighted by atomic mass is 9.81. The molecule has 0 unspecified atom stereocenters. The molecular weight excluding hydrogens is 253 g/mol. The zero-order chi connectivity index (χ0) is 14.5. The smallest absolute Gasteiger partial charge is 0.489 e. The third-order valence-electron chi connectivity index (χ3n) is 4.40. The quantitative estimate of drug-likeness (QED) is 0.793. The van der Waals surface area contributed by atoms with Crippen LogP contribution in [0.2, 0.25) is 0 Å². The van der Waals surface area contributed by atoms with E-state index in [1.807, 2.05) is 40.7 Å². The van der Waals surface area contributed by atoms with Crippen molar-refractivity contribution in [2.45, 2.75) is 64.8 Å². The molecule has 108 valence electrons. The summed E-state index contributed by atoms with van der Waals surface area (Å²) in [5.74, 6) is 0.838. The number of rotatable bonds is 3. The van der Waals surface area contributed by atoms with Gasteiger partial charge in [-0.05, 0) is 59.1 Å². The Morgan fingerprint density at radius 3 is 2.30 bits per heavy atom. The van der Waals surface area contributed by atoms with Crippen LogP contribution in [0.4, 0.5) is 0 Å². The van der Waals surface area contributed by atoms with Gasteiger partial charge in [0.25, 0.3) is 0 Å². The third kappa shape index (κ3) is 2.45. The lowest BCUT2D eigenvalue weighted by molar-refractivity contribution is 0.00578. The largest absolute Gasteiger partial charge is 0.514 e. The first-order valence-corrected chi connectivity index (χ1v) is 7.27. The minimum absolute atomic E-state index is 0.338. The molecule has 20 heavy (non-hydrogen) atoms. The van der Waals surface area contributed by atoms with Crippen molar-refractivity contribution in [3.05, 3.63) is 17.8 Å². The predicted molar refractivity (Wildman–Crippen MR) is 78.3 cm³/mol. The summed E-state index contributed by atoms with van der Waals surface area (Å²) in [6.45, 7) is 10.2. The van der Waals surface area contributed by atoms with E-state index >= 15 is 0 Å². The molecule has 0 radical (unpaired) electrons. The van der Waals surface area contributed by atoms with Gasteiger partial charge in [0, 0.05) is 0 Å². The Balaban J connectivity index is 1.80. The van der Waals surface area contributed by atoms with Gasteiger partial charge in [-0.3, -0.25) is 4.98 Å². The number of nitrogens with zero attached hydrogens (tertiary/aromatic N) is 1. The molecule has 5 heteroatoms. The summed E-state index contributed by atoms with van der Waals surface area (Å²) in [6, 6.07) is 2.02. The van der Waals surface area contributed by atoms with Gasteiger partial charge in [-0.15, -0.1) is 0 Å². The molecule has 1 aliphatic carbocycles. The monoisotopic (exact) mass is 275 g/mol. The van der Waals surface area contributed by atoms with Crippen LogP contribution in [-0.4, -0.2) is 29.4 Å². The Labute approximate surface area is 121 Å². The van der Waals surface area contributed by atoms with Gasteiger partial charge >= 0.3 is 7.12 Å². The van der Waals surface area contributed by atoms with Crippen molar-refractivity contribution >= 4 is 12.7 Å². The van der Waals surface area contributed by atoms with Crippen LogP contribution in [0.1, 0.15) is 46.1 Å². The van der Waals surface area contributed by atoms with Crippen molar-refractivity contribution < 1.29 is 14.0 Å². The molecule has 2 fully saturated rings. The molecule has 0 spiro atoms. The maximum atomic E-state index is 6.04. The maximum absolute atomic E-state index is 6.04. The van der Waals surface area contributed by atoms with Crippen LogP contribution in [0.15, 0.2) is 12.3 Å². The predicted octanol–water partition coefficient (Wildman–Crippen LogP) is 2.23. The van der Waals surface area contributed by atoms with Crippen molar-refractivity contribution in [1.82, 2.24) is 4.98 Å². The van der Waals surface area contributed by atoms with Gasteiger partial charge in [-0.25, -0.2) is 0 Å². The van der Waals surface area contributed by atoms with Crippen LogP contribution in [0.5, 0.6) is 5.75 Å². The molecule has 2 aliphatic rings. The normalized spacial score (nSPS) is 23.9. The summed E-state index contributed by atoms with van der Waals surface area (Å²) >= 11 is 0. The fourth-order valence-corrected chi connectivity index (χ4v) is 2.20. The minimum Gasteiger partial charge on any atom is -0.489 e. The Hall–Kier alpha value is -1.07. The van der Waals surface area contributed by atoms with Gasteiger partial charge < -0.3 is 14.0 Å². The van der Waals surface area contributed by atoms with E-state index in [9.17, 15) is 0 Å². The van der Waals surface area contributed by atoms with E-state index < -0.39 is 7.12 Å². The molecule has 0 amide bonds. The third-order valence-corrected chi connectivity index (χ3v) is 4.40. The molecule has 1 saturated heterocycles. The molecule has 0 N–H and O–H groups in total. The van der Waals surface area contributed by atoms with Crippen molar-refractivity contribution in [2.24, 2.45) is 0 Å². The number of ether oxygens (including phenoxy) is 1. The Morgan fingerprint density at radius 2 is 1.80 bits per heavy atom. The molecule has 0 aromatic carbocycles. The van der Waals surface area contributed by atoms with Crippen molar-refractivity contribution in [3.8, 4) is 5.75 Å². The van der Waals surface area contributed by atoms with E-state index in [0.717, 1.165) is 29.7 Å². The highest BCUT2D eigenvalue weighted by Crippen LogP contribution is 2.36. The van der Waals surface area contributed by atoms with Gasteiger partial charge in [0.1, 0.15) is 5.75 Å². The summed E-state index contributed by atoms with van der Waals surface area (Å²) in [5, 5.41) is 0. The highest BCUT2D eigenvalue weighted by Gasteiger charge is 2.52. The Morgan fingerprint density at radius 1 is 1.20 bits per heavy atom. The number of hydrogen-bond acceptors (Lipinski definition) is 4. The van der Waals surface area contributed by atoms with Gasteiger partial charge in [0.15, 0.2) is 0 Å². The molecule has 1 aromatic heterocycles. The number of hydrogen-bond donors (Lipinski definition) is 0. The summed E-state index contributed by atoms with van der Waals surface area (Å²) in [5.41, 5.74) is 1.21. The van der Waals surface area contributed by atoms with Crippen LogP contribution >= 0.6 is 0 Å². The van der Waals surface area contributed by atoms with Crippen LogP contribution < -0.4 is 10.3 Å². The van der Waals surface area contributed by atoms with Gasteiger partial charge in [-0.2, -0.15) is 0 Å².